The Morgan fingerprint density at radius 3 is 2.78 bits per heavy atom. The lowest BCUT2D eigenvalue weighted by molar-refractivity contribution is 0.0911. The smallest absolute Gasteiger partial charge is 0.287 e. The minimum atomic E-state index is -0.327. The largest absolute Gasteiger partial charge is 0.453 e. The molecule has 0 unspecified atom stereocenters. The van der Waals surface area contributed by atoms with Gasteiger partial charge >= 0.3 is 0 Å². The monoisotopic (exact) mass is 312 g/mol. The molecular formula is C17H16N2O4. The number of nitrogens with zero attached hydrogens (tertiary/aromatic N) is 1. The third kappa shape index (κ3) is 3.67. The minimum Gasteiger partial charge on any atom is -0.453 e. The fourth-order valence-corrected chi connectivity index (χ4v) is 2.09. The number of nitrogens with one attached hydrogen (secondary N) is 1. The molecule has 3 aromatic rings. The van der Waals surface area contributed by atoms with Crippen LogP contribution in [0.3, 0.4) is 0 Å². The molecule has 2 heterocycles. The Kier molecular flexibility index (Phi) is 4.54. The number of rotatable bonds is 6. The summed E-state index contributed by atoms with van der Waals surface area (Å²) < 4.78 is 15.9. The van der Waals surface area contributed by atoms with E-state index in [1.807, 2.05) is 30.3 Å². The van der Waals surface area contributed by atoms with Crippen LogP contribution in [0, 0.1) is 0 Å². The van der Waals surface area contributed by atoms with Crippen LogP contribution in [0.15, 0.2) is 57.5 Å². The fourth-order valence-electron chi connectivity index (χ4n) is 2.09. The van der Waals surface area contributed by atoms with Crippen molar-refractivity contribution >= 4 is 5.91 Å². The predicted molar refractivity (Wildman–Crippen MR) is 82.5 cm³/mol. The van der Waals surface area contributed by atoms with Gasteiger partial charge in [-0.3, -0.25) is 4.79 Å². The maximum Gasteiger partial charge on any atom is 0.287 e. The van der Waals surface area contributed by atoms with Crippen LogP contribution in [0.4, 0.5) is 0 Å². The molecule has 118 valence electrons. The molecule has 6 heteroatoms. The Bertz CT molecular complexity index is 777. The first-order chi connectivity index (χ1) is 11.3. The van der Waals surface area contributed by atoms with Crippen LogP contribution in [-0.2, 0) is 17.9 Å². The zero-order valence-electron chi connectivity index (χ0n) is 12.6. The lowest BCUT2D eigenvalue weighted by atomic mass is 10.2. The first-order valence-corrected chi connectivity index (χ1v) is 7.12. The molecule has 0 bridgehead atoms. The number of ether oxygens (including phenoxy) is 1. The average Bonchev–Trinajstić information content (AvgIpc) is 3.23. The Labute approximate surface area is 133 Å². The molecule has 0 atom stereocenters. The maximum atomic E-state index is 12.0. The maximum absolute atomic E-state index is 12.0. The summed E-state index contributed by atoms with van der Waals surface area (Å²) in [6.45, 7) is 0.513. The number of oxazole rings is 1. The zero-order chi connectivity index (χ0) is 16.1. The summed E-state index contributed by atoms with van der Waals surface area (Å²) in [6, 6.07) is 13.0. The summed E-state index contributed by atoms with van der Waals surface area (Å²) in [5.41, 5.74) is 0.938. The second-order valence-corrected chi connectivity index (χ2v) is 4.87. The molecule has 0 radical (unpaired) electrons. The van der Waals surface area contributed by atoms with Crippen molar-refractivity contribution in [1.29, 1.82) is 0 Å². The molecular weight excluding hydrogens is 296 g/mol. The van der Waals surface area contributed by atoms with E-state index in [9.17, 15) is 4.79 Å². The van der Waals surface area contributed by atoms with Crippen molar-refractivity contribution < 1.29 is 18.4 Å². The van der Waals surface area contributed by atoms with E-state index in [0.29, 0.717) is 24.0 Å². The summed E-state index contributed by atoms with van der Waals surface area (Å²) in [5, 5.41) is 2.71. The highest BCUT2D eigenvalue weighted by atomic mass is 16.5. The van der Waals surface area contributed by atoms with Gasteiger partial charge in [-0.05, 0) is 12.1 Å². The Morgan fingerprint density at radius 1 is 1.17 bits per heavy atom. The molecule has 0 aliphatic heterocycles. The van der Waals surface area contributed by atoms with E-state index in [0.717, 1.165) is 5.56 Å². The molecule has 1 aromatic carbocycles. The Hall–Kier alpha value is -2.86. The average molecular weight is 312 g/mol. The highest BCUT2D eigenvalue weighted by molar-refractivity contribution is 5.91. The van der Waals surface area contributed by atoms with Gasteiger partial charge in [0.15, 0.2) is 11.5 Å². The lowest BCUT2D eigenvalue weighted by Gasteiger charge is -2.00. The summed E-state index contributed by atoms with van der Waals surface area (Å²) >= 11 is 0. The number of amides is 1. The van der Waals surface area contributed by atoms with E-state index in [4.69, 9.17) is 13.6 Å². The molecule has 23 heavy (non-hydrogen) atoms. The third-order valence-electron chi connectivity index (χ3n) is 3.18. The van der Waals surface area contributed by atoms with Crippen molar-refractivity contribution in [3.8, 4) is 11.3 Å². The van der Waals surface area contributed by atoms with Gasteiger partial charge in [0.1, 0.15) is 12.4 Å². The molecule has 3 rings (SSSR count). The van der Waals surface area contributed by atoms with Gasteiger partial charge in [0.05, 0.1) is 12.7 Å². The van der Waals surface area contributed by atoms with Crippen LogP contribution in [0.2, 0.25) is 0 Å². The molecule has 0 aliphatic carbocycles. The van der Waals surface area contributed by atoms with E-state index in [1.54, 1.807) is 25.4 Å². The first kappa shape index (κ1) is 15.1. The number of aromatic nitrogens is 1. The van der Waals surface area contributed by atoms with Crippen LogP contribution < -0.4 is 5.32 Å². The fraction of sp³-hybridized carbons (Fsp3) is 0.176. The van der Waals surface area contributed by atoms with Crippen LogP contribution in [0.1, 0.15) is 22.2 Å². The number of hydrogen-bond acceptors (Lipinski definition) is 5. The van der Waals surface area contributed by atoms with Gasteiger partial charge in [0, 0.05) is 12.7 Å². The van der Waals surface area contributed by atoms with E-state index >= 15 is 0 Å². The first-order valence-electron chi connectivity index (χ1n) is 7.12. The molecule has 0 spiro atoms. The van der Waals surface area contributed by atoms with E-state index in [2.05, 4.69) is 10.3 Å². The second-order valence-electron chi connectivity index (χ2n) is 4.87. The molecule has 0 fully saturated rings. The number of methoxy groups -OCH3 is 1. The second kappa shape index (κ2) is 6.93. The molecule has 2 aromatic heterocycles. The third-order valence-corrected chi connectivity index (χ3v) is 3.18. The van der Waals surface area contributed by atoms with Gasteiger partial charge in [-0.2, -0.15) is 0 Å². The van der Waals surface area contributed by atoms with Crippen molar-refractivity contribution in [2.75, 3.05) is 7.11 Å². The number of furan rings is 1. The van der Waals surface area contributed by atoms with Crippen LogP contribution in [-0.4, -0.2) is 18.0 Å². The molecule has 1 amide bonds. The predicted octanol–water partition coefficient (Wildman–Crippen LogP) is 3.01. The standard InChI is InChI=1S/C17H16N2O4/c1-21-11-13-7-8-14(22-13)17(20)19-10-16-18-9-15(23-16)12-5-3-2-4-6-12/h2-9H,10-11H2,1H3,(H,19,20). The minimum absolute atomic E-state index is 0.186. The number of carbonyl (C=O) groups excluding carboxylic acids is 1. The van der Waals surface area contributed by atoms with Crippen LogP contribution >= 0.6 is 0 Å². The zero-order valence-corrected chi connectivity index (χ0v) is 12.6. The molecule has 0 aliphatic rings. The van der Waals surface area contributed by atoms with Crippen molar-refractivity contribution in [3.05, 3.63) is 66.1 Å². The normalized spacial score (nSPS) is 10.7. The van der Waals surface area contributed by atoms with Gasteiger partial charge in [-0.1, -0.05) is 30.3 Å². The van der Waals surface area contributed by atoms with Gasteiger partial charge in [0.25, 0.3) is 5.91 Å². The molecule has 0 saturated carbocycles. The van der Waals surface area contributed by atoms with E-state index < -0.39 is 0 Å². The van der Waals surface area contributed by atoms with Crippen molar-refractivity contribution in [3.63, 3.8) is 0 Å². The summed E-state index contributed by atoms with van der Waals surface area (Å²) in [4.78, 5) is 16.2. The number of carbonyl (C=O) groups is 1. The van der Waals surface area contributed by atoms with Crippen LogP contribution in [0.25, 0.3) is 11.3 Å². The van der Waals surface area contributed by atoms with E-state index in [1.165, 1.54) is 0 Å². The highest BCUT2D eigenvalue weighted by Gasteiger charge is 2.12. The molecule has 0 saturated heterocycles. The number of benzene rings is 1. The van der Waals surface area contributed by atoms with Crippen molar-refractivity contribution in [1.82, 2.24) is 10.3 Å². The lowest BCUT2D eigenvalue weighted by Crippen LogP contribution is -2.22. The summed E-state index contributed by atoms with van der Waals surface area (Å²) in [7, 11) is 1.56. The molecule has 1 N–H and O–H groups in total. The summed E-state index contributed by atoms with van der Waals surface area (Å²) in [6.07, 6.45) is 1.64. The molecule has 6 nitrogen and oxygen atoms in total. The van der Waals surface area contributed by atoms with Gasteiger partial charge in [-0.25, -0.2) is 4.98 Å². The Balaban J connectivity index is 1.60. The quantitative estimate of drug-likeness (QED) is 0.757. The summed E-state index contributed by atoms with van der Waals surface area (Å²) in [5.74, 6) is 1.59. The van der Waals surface area contributed by atoms with Crippen molar-refractivity contribution in [2.45, 2.75) is 13.2 Å². The van der Waals surface area contributed by atoms with Crippen molar-refractivity contribution in [2.24, 2.45) is 0 Å². The number of hydrogen-bond donors (Lipinski definition) is 1. The van der Waals surface area contributed by atoms with Gasteiger partial charge < -0.3 is 18.9 Å². The topological polar surface area (TPSA) is 77.5 Å². The van der Waals surface area contributed by atoms with E-state index in [-0.39, 0.29) is 18.2 Å². The van der Waals surface area contributed by atoms with Crippen LogP contribution in [0.5, 0.6) is 0 Å². The van der Waals surface area contributed by atoms with Gasteiger partial charge in [0.2, 0.25) is 5.89 Å². The Morgan fingerprint density at radius 2 is 2.00 bits per heavy atom. The van der Waals surface area contributed by atoms with Gasteiger partial charge in [-0.15, -0.1) is 0 Å². The highest BCUT2D eigenvalue weighted by Crippen LogP contribution is 2.19. The SMILES string of the molecule is COCc1ccc(C(=O)NCc2ncc(-c3ccccc3)o2)o1.